The number of rotatable bonds is 4. The number of carbonyl (C=O) groups excluding carboxylic acids is 1. The quantitative estimate of drug-likeness (QED) is 0.548. The SMILES string of the molecule is CC(C)c1cc(=O)n2[nH]cc(-c3cncc(-c4ccc(N5CCCC5=O)cc4)c3)c2n1. The second-order valence-electron chi connectivity index (χ2n) is 8.18. The largest absolute Gasteiger partial charge is 0.312 e. The third-order valence-electron chi connectivity index (χ3n) is 5.74. The van der Waals surface area contributed by atoms with Gasteiger partial charge in [0.15, 0.2) is 5.65 Å². The number of H-pyrrole nitrogens is 1. The number of pyridine rings is 1. The highest BCUT2D eigenvalue weighted by Crippen LogP contribution is 2.29. The number of benzene rings is 1. The molecular weight excluding hydrogens is 390 g/mol. The minimum atomic E-state index is -0.129. The number of hydrogen-bond donors (Lipinski definition) is 1. The lowest BCUT2D eigenvalue weighted by Gasteiger charge is -2.16. The molecule has 1 amide bonds. The molecule has 0 spiro atoms. The maximum atomic E-state index is 12.4. The Hall–Kier alpha value is -3.74. The molecule has 1 saturated heterocycles. The molecule has 1 aliphatic heterocycles. The van der Waals surface area contributed by atoms with Gasteiger partial charge in [0.05, 0.1) is 5.69 Å². The fourth-order valence-electron chi connectivity index (χ4n) is 4.01. The first kappa shape index (κ1) is 19.2. The number of nitrogens with zero attached hydrogens (tertiary/aromatic N) is 4. The first-order chi connectivity index (χ1) is 15.0. The molecule has 0 saturated carbocycles. The average Bonchev–Trinajstić information content (AvgIpc) is 3.40. The van der Waals surface area contributed by atoms with Gasteiger partial charge >= 0.3 is 0 Å². The Morgan fingerprint density at radius 3 is 2.48 bits per heavy atom. The molecule has 31 heavy (non-hydrogen) atoms. The maximum absolute atomic E-state index is 12.4. The summed E-state index contributed by atoms with van der Waals surface area (Å²) in [4.78, 5) is 35.4. The highest BCUT2D eigenvalue weighted by Gasteiger charge is 2.21. The lowest BCUT2D eigenvalue weighted by Crippen LogP contribution is -2.23. The van der Waals surface area contributed by atoms with Gasteiger partial charge < -0.3 is 4.90 Å². The van der Waals surface area contributed by atoms with Crippen LogP contribution in [-0.4, -0.2) is 32.0 Å². The van der Waals surface area contributed by atoms with Gasteiger partial charge in [-0.3, -0.25) is 19.7 Å². The molecule has 0 unspecified atom stereocenters. The van der Waals surface area contributed by atoms with Gasteiger partial charge in [0.2, 0.25) is 5.91 Å². The molecule has 0 bridgehead atoms. The Labute approximate surface area is 179 Å². The molecule has 0 radical (unpaired) electrons. The second kappa shape index (κ2) is 7.50. The van der Waals surface area contributed by atoms with E-state index in [1.165, 1.54) is 4.52 Å². The van der Waals surface area contributed by atoms with E-state index in [0.29, 0.717) is 12.1 Å². The van der Waals surface area contributed by atoms with Crippen molar-refractivity contribution >= 4 is 17.2 Å². The summed E-state index contributed by atoms with van der Waals surface area (Å²) in [5, 5.41) is 3.00. The van der Waals surface area contributed by atoms with Crippen LogP contribution in [0.1, 0.15) is 38.3 Å². The van der Waals surface area contributed by atoms with Crippen molar-refractivity contribution < 1.29 is 4.79 Å². The minimum Gasteiger partial charge on any atom is -0.312 e. The lowest BCUT2D eigenvalue weighted by molar-refractivity contribution is -0.117. The summed E-state index contributed by atoms with van der Waals surface area (Å²) in [5.41, 5.74) is 5.83. The van der Waals surface area contributed by atoms with Gasteiger partial charge in [-0.15, -0.1) is 0 Å². The zero-order chi connectivity index (χ0) is 21.5. The van der Waals surface area contributed by atoms with E-state index in [9.17, 15) is 9.59 Å². The fraction of sp³-hybridized carbons (Fsp3) is 0.250. The first-order valence-electron chi connectivity index (χ1n) is 10.5. The van der Waals surface area contributed by atoms with Gasteiger partial charge in [-0.05, 0) is 36.1 Å². The highest BCUT2D eigenvalue weighted by molar-refractivity contribution is 5.95. The molecule has 1 N–H and O–H groups in total. The molecule has 3 aromatic heterocycles. The van der Waals surface area contributed by atoms with Gasteiger partial charge in [0, 0.05) is 60.0 Å². The monoisotopic (exact) mass is 413 g/mol. The van der Waals surface area contributed by atoms with Gasteiger partial charge in [0.25, 0.3) is 5.56 Å². The summed E-state index contributed by atoms with van der Waals surface area (Å²) in [6.07, 6.45) is 6.91. The average molecular weight is 413 g/mol. The summed E-state index contributed by atoms with van der Waals surface area (Å²) in [6, 6.07) is 11.6. The van der Waals surface area contributed by atoms with Crippen molar-refractivity contribution in [1.82, 2.24) is 19.6 Å². The number of nitrogens with one attached hydrogen (secondary N) is 1. The number of amides is 1. The van der Waals surface area contributed by atoms with Crippen LogP contribution in [0.5, 0.6) is 0 Å². The van der Waals surface area contributed by atoms with E-state index in [-0.39, 0.29) is 17.4 Å². The third kappa shape index (κ3) is 3.42. The van der Waals surface area contributed by atoms with E-state index < -0.39 is 0 Å². The van der Waals surface area contributed by atoms with Crippen molar-refractivity contribution in [3.63, 3.8) is 0 Å². The number of aromatic amines is 1. The molecule has 156 valence electrons. The molecule has 0 atom stereocenters. The molecule has 4 heterocycles. The molecule has 1 aromatic carbocycles. The predicted molar refractivity (Wildman–Crippen MR) is 120 cm³/mol. The van der Waals surface area contributed by atoms with Crippen LogP contribution < -0.4 is 10.5 Å². The van der Waals surface area contributed by atoms with Gasteiger partial charge in [0.1, 0.15) is 0 Å². The summed E-state index contributed by atoms with van der Waals surface area (Å²) in [5.74, 6) is 0.338. The Morgan fingerprint density at radius 1 is 1.00 bits per heavy atom. The number of anilines is 1. The van der Waals surface area contributed by atoms with Crippen LogP contribution in [0.2, 0.25) is 0 Å². The van der Waals surface area contributed by atoms with Crippen molar-refractivity contribution in [3.05, 3.63) is 71.0 Å². The third-order valence-corrected chi connectivity index (χ3v) is 5.74. The summed E-state index contributed by atoms with van der Waals surface area (Å²) >= 11 is 0. The van der Waals surface area contributed by atoms with Crippen molar-refractivity contribution in [2.45, 2.75) is 32.6 Å². The zero-order valence-corrected chi connectivity index (χ0v) is 17.5. The van der Waals surface area contributed by atoms with E-state index in [0.717, 1.165) is 46.6 Å². The topological polar surface area (TPSA) is 83.4 Å². The smallest absolute Gasteiger partial charge is 0.272 e. The molecule has 4 aromatic rings. The molecular formula is C24H23N5O2. The molecule has 0 aliphatic carbocycles. The van der Waals surface area contributed by atoms with Gasteiger partial charge in [-0.1, -0.05) is 26.0 Å². The van der Waals surface area contributed by atoms with E-state index in [1.54, 1.807) is 18.5 Å². The van der Waals surface area contributed by atoms with Crippen molar-refractivity contribution in [1.29, 1.82) is 0 Å². The van der Waals surface area contributed by atoms with Crippen molar-refractivity contribution in [2.24, 2.45) is 0 Å². The van der Waals surface area contributed by atoms with Crippen LogP contribution in [0.15, 0.2) is 59.8 Å². The summed E-state index contributed by atoms with van der Waals surface area (Å²) < 4.78 is 1.45. The van der Waals surface area contributed by atoms with Gasteiger partial charge in [-0.2, -0.15) is 0 Å². The number of fused-ring (bicyclic) bond motifs is 1. The molecule has 7 nitrogen and oxygen atoms in total. The van der Waals surface area contributed by atoms with Crippen molar-refractivity contribution in [3.8, 4) is 22.3 Å². The first-order valence-corrected chi connectivity index (χ1v) is 10.5. The Kier molecular flexibility index (Phi) is 4.66. The van der Waals surface area contributed by atoms with E-state index in [1.807, 2.05) is 55.3 Å². The number of hydrogen-bond acceptors (Lipinski definition) is 4. The minimum absolute atomic E-state index is 0.129. The van der Waals surface area contributed by atoms with Crippen LogP contribution in [0.3, 0.4) is 0 Å². The van der Waals surface area contributed by atoms with E-state index in [2.05, 4.69) is 10.1 Å². The summed E-state index contributed by atoms with van der Waals surface area (Å²) in [6.45, 7) is 4.82. The Balaban J connectivity index is 1.52. The number of aromatic nitrogens is 4. The van der Waals surface area contributed by atoms with E-state index >= 15 is 0 Å². The summed E-state index contributed by atoms with van der Waals surface area (Å²) in [7, 11) is 0. The van der Waals surface area contributed by atoms with Crippen LogP contribution in [0.25, 0.3) is 27.9 Å². The normalized spacial score (nSPS) is 14.2. The Morgan fingerprint density at radius 2 is 1.77 bits per heavy atom. The number of carbonyl (C=O) groups is 1. The highest BCUT2D eigenvalue weighted by atomic mass is 16.2. The lowest BCUT2D eigenvalue weighted by atomic mass is 10.0. The Bertz CT molecular complexity index is 1330. The van der Waals surface area contributed by atoms with E-state index in [4.69, 9.17) is 4.98 Å². The van der Waals surface area contributed by atoms with Crippen LogP contribution >= 0.6 is 0 Å². The standard InChI is InChI=1S/C24H23N5O2/c1-15(2)21-11-23(31)29-24(27-21)20(14-26-29)18-10-17(12-25-13-18)16-5-7-19(8-6-16)28-9-3-4-22(28)30/h5-8,10-15,26H,3-4,9H2,1-2H3. The second-order valence-corrected chi connectivity index (χ2v) is 8.18. The fourth-order valence-corrected chi connectivity index (χ4v) is 4.01. The zero-order valence-electron chi connectivity index (χ0n) is 17.5. The molecule has 7 heteroatoms. The van der Waals surface area contributed by atoms with Crippen LogP contribution in [0.4, 0.5) is 5.69 Å². The van der Waals surface area contributed by atoms with Crippen LogP contribution in [-0.2, 0) is 4.79 Å². The maximum Gasteiger partial charge on any atom is 0.272 e. The predicted octanol–water partition coefficient (Wildman–Crippen LogP) is 4.00. The van der Waals surface area contributed by atoms with Crippen molar-refractivity contribution in [2.75, 3.05) is 11.4 Å². The molecule has 1 aliphatic rings. The van der Waals surface area contributed by atoms with Crippen LogP contribution in [0, 0.1) is 0 Å². The molecule has 1 fully saturated rings. The van der Waals surface area contributed by atoms with Gasteiger partial charge in [-0.25, -0.2) is 9.50 Å². The molecule has 5 rings (SSSR count).